The fourth-order valence-corrected chi connectivity index (χ4v) is 6.66. The maximum atomic E-state index is 13.6. The van der Waals surface area contributed by atoms with E-state index in [0.29, 0.717) is 17.0 Å². The third-order valence-corrected chi connectivity index (χ3v) is 8.76. The van der Waals surface area contributed by atoms with Crippen molar-refractivity contribution >= 4 is 10.0 Å². The number of hydrogen-bond acceptors (Lipinski definition) is 4. The Bertz CT molecular complexity index is 1090. The second kappa shape index (κ2) is 8.63. The zero-order valence-electron chi connectivity index (χ0n) is 17.9. The SMILES string of the molecule is CCc1ccc(-c2n[nH]c(=O)c3c2CCCC3)cc1S(=O)(=O)N(C)C1CCCCC1. The minimum Gasteiger partial charge on any atom is -0.268 e. The van der Waals surface area contributed by atoms with Gasteiger partial charge in [-0.25, -0.2) is 13.5 Å². The minimum atomic E-state index is -3.61. The molecule has 0 amide bonds. The second-order valence-corrected chi connectivity index (χ2v) is 10.5. The molecule has 1 heterocycles. The predicted molar refractivity (Wildman–Crippen MR) is 118 cm³/mol. The molecule has 0 bridgehead atoms. The first kappa shape index (κ1) is 21.2. The summed E-state index contributed by atoms with van der Waals surface area (Å²) in [7, 11) is -1.89. The first-order valence-corrected chi connectivity index (χ1v) is 12.6. The van der Waals surface area contributed by atoms with E-state index in [1.807, 2.05) is 19.1 Å². The molecule has 0 unspecified atom stereocenters. The largest absolute Gasteiger partial charge is 0.268 e. The first-order chi connectivity index (χ1) is 14.4. The van der Waals surface area contributed by atoms with Gasteiger partial charge in [-0.15, -0.1) is 0 Å². The Morgan fingerprint density at radius 1 is 1.07 bits per heavy atom. The summed E-state index contributed by atoms with van der Waals surface area (Å²) in [4.78, 5) is 12.6. The average molecular weight is 430 g/mol. The zero-order valence-corrected chi connectivity index (χ0v) is 18.7. The molecule has 0 atom stereocenters. The van der Waals surface area contributed by atoms with Gasteiger partial charge in [-0.05, 0) is 62.1 Å². The molecule has 2 aromatic rings. The maximum Gasteiger partial charge on any atom is 0.267 e. The lowest BCUT2D eigenvalue weighted by Gasteiger charge is -2.31. The quantitative estimate of drug-likeness (QED) is 0.783. The number of hydrogen-bond donors (Lipinski definition) is 1. The van der Waals surface area contributed by atoms with E-state index in [0.717, 1.165) is 73.6 Å². The van der Waals surface area contributed by atoms with Crippen molar-refractivity contribution in [3.8, 4) is 11.3 Å². The van der Waals surface area contributed by atoms with E-state index in [9.17, 15) is 13.2 Å². The molecule has 2 aliphatic carbocycles. The number of nitrogens with zero attached hydrogens (tertiary/aromatic N) is 2. The molecule has 0 spiro atoms. The monoisotopic (exact) mass is 429 g/mol. The Morgan fingerprint density at radius 2 is 1.77 bits per heavy atom. The number of aromatic amines is 1. The van der Waals surface area contributed by atoms with Crippen LogP contribution in [0.15, 0.2) is 27.9 Å². The maximum absolute atomic E-state index is 13.6. The van der Waals surface area contributed by atoms with Crippen LogP contribution in [-0.4, -0.2) is 36.0 Å². The van der Waals surface area contributed by atoms with Gasteiger partial charge in [0.1, 0.15) is 0 Å². The molecular weight excluding hydrogens is 398 g/mol. The topological polar surface area (TPSA) is 83.1 Å². The van der Waals surface area contributed by atoms with E-state index in [-0.39, 0.29) is 11.6 Å². The van der Waals surface area contributed by atoms with E-state index in [2.05, 4.69) is 10.2 Å². The summed E-state index contributed by atoms with van der Waals surface area (Å²) in [5, 5.41) is 6.95. The van der Waals surface area contributed by atoms with E-state index < -0.39 is 10.0 Å². The Hall–Kier alpha value is -1.99. The van der Waals surface area contributed by atoms with Crippen LogP contribution in [0.3, 0.4) is 0 Å². The van der Waals surface area contributed by atoms with E-state index in [4.69, 9.17) is 0 Å². The van der Waals surface area contributed by atoms with Gasteiger partial charge in [-0.3, -0.25) is 4.79 Å². The standard InChI is InChI=1S/C23H31N3O3S/c1-3-16-13-14-17(22-19-11-7-8-12-20(19)23(27)25-24-22)15-21(16)30(28,29)26(2)18-9-5-4-6-10-18/h13-15,18H,3-12H2,1-2H3,(H,25,27). The highest BCUT2D eigenvalue weighted by molar-refractivity contribution is 7.89. The van der Waals surface area contributed by atoms with Crippen molar-refractivity contribution in [2.45, 2.75) is 82.1 Å². The molecule has 2 aliphatic rings. The summed E-state index contributed by atoms with van der Waals surface area (Å²) < 4.78 is 28.8. The van der Waals surface area contributed by atoms with Crippen molar-refractivity contribution in [1.82, 2.24) is 14.5 Å². The average Bonchev–Trinajstić information content (AvgIpc) is 2.79. The van der Waals surface area contributed by atoms with Crippen LogP contribution in [0.5, 0.6) is 0 Å². The molecule has 0 saturated heterocycles. The highest BCUT2D eigenvalue weighted by Gasteiger charge is 2.31. The van der Waals surface area contributed by atoms with Crippen LogP contribution in [-0.2, 0) is 29.3 Å². The molecule has 4 rings (SSSR count). The lowest BCUT2D eigenvalue weighted by Crippen LogP contribution is -2.38. The van der Waals surface area contributed by atoms with Gasteiger partial charge in [0.25, 0.3) is 5.56 Å². The molecule has 0 radical (unpaired) electrons. The molecule has 1 saturated carbocycles. The van der Waals surface area contributed by atoms with Crippen LogP contribution in [0.25, 0.3) is 11.3 Å². The fraction of sp³-hybridized carbons (Fsp3) is 0.565. The number of aromatic nitrogens is 2. The summed E-state index contributed by atoms with van der Waals surface area (Å²) in [5.41, 5.74) is 3.94. The van der Waals surface area contributed by atoms with Crippen LogP contribution in [0.4, 0.5) is 0 Å². The molecule has 7 heteroatoms. The second-order valence-electron chi connectivity index (χ2n) is 8.55. The zero-order chi connectivity index (χ0) is 21.3. The van der Waals surface area contributed by atoms with Crippen molar-refractivity contribution in [1.29, 1.82) is 0 Å². The van der Waals surface area contributed by atoms with Crippen molar-refractivity contribution < 1.29 is 8.42 Å². The summed E-state index contributed by atoms with van der Waals surface area (Å²) in [6, 6.07) is 5.67. The molecule has 6 nitrogen and oxygen atoms in total. The highest BCUT2D eigenvalue weighted by atomic mass is 32.2. The third-order valence-electron chi connectivity index (χ3n) is 6.76. The number of sulfonamides is 1. The van der Waals surface area contributed by atoms with Gasteiger partial charge in [-0.2, -0.15) is 9.40 Å². The highest BCUT2D eigenvalue weighted by Crippen LogP contribution is 2.33. The van der Waals surface area contributed by atoms with E-state index in [1.54, 1.807) is 17.4 Å². The minimum absolute atomic E-state index is 0.0658. The normalized spacial score (nSPS) is 17.8. The molecule has 1 aromatic carbocycles. The van der Waals surface area contributed by atoms with Crippen LogP contribution in [0.2, 0.25) is 0 Å². The number of aryl methyl sites for hydroxylation is 1. The van der Waals surface area contributed by atoms with Crippen LogP contribution >= 0.6 is 0 Å². The van der Waals surface area contributed by atoms with E-state index in [1.165, 1.54) is 6.42 Å². The Balaban J connectivity index is 1.79. The Labute approximate surface area is 178 Å². The van der Waals surface area contributed by atoms with Crippen molar-refractivity contribution in [3.63, 3.8) is 0 Å². The summed E-state index contributed by atoms with van der Waals surface area (Å²) in [6.07, 6.45) is 9.42. The number of rotatable bonds is 5. The Morgan fingerprint density at radius 3 is 2.47 bits per heavy atom. The molecule has 162 valence electrons. The molecule has 1 N–H and O–H groups in total. The van der Waals surface area contributed by atoms with Crippen LogP contribution in [0, 0.1) is 0 Å². The summed E-state index contributed by atoms with van der Waals surface area (Å²) >= 11 is 0. The first-order valence-electron chi connectivity index (χ1n) is 11.1. The summed E-state index contributed by atoms with van der Waals surface area (Å²) in [6.45, 7) is 1.98. The smallest absolute Gasteiger partial charge is 0.267 e. The van der Waals surface area contributed by atoms with Gasteiger partial charge >= 0.3 is 0 Å². The number of nitrogens with one attached hydrogen (secondary N) is 1. The van der Waals surface area contributed by atoms with Crippen LogP contribution < -0.4 is 5.56 Å². The fourth-order valence-electron chi connectivity index (χ4n) is 4.93. The van der Waals surface area contributed by atoms with Crippen molar-refractivity contribution in [2.75, 3.05) is 7.05 Å². The Kier molecular flexibility index (Phi) is 6.11. The van der Waals surface area contributed by atoms with E-state index >= 15 is 0 Å². The van der Waals surface area contributed by atoms with Gasteiger partial charge in [0.15, 0.2) is 0 Å². The number of H-pyrrole nitrogens is 1. The van der Waals surface area contributed by atoms with Gasteiger partial charge in [0.2, 0.25) is 10.0 Å². The van der Waals surface area contributed by atoms with Gasteiger partial charge in [0.05, 0.1) is 10.6 Å². The molecule has 1 fully saturated rings. The lowest BCUT2D eigenvalue weighted by molar-refractivity contribution is 0.285. The molecule has 30 heavy (non-hydrogen) atoms. The van der Waals surface area contributed by atoms with Crippen molar-refractivity contribution in [2.24, 2.45) is 0 Å². The lowest BCUT2D eigenvalue weighted by atomic mass is 9.89. The predicted octanol–water partition coefficient (Wildman–Crippen LogP) is 3.83. The number of benzene rings is 1. The molecule has 1 aromatic heterocycles. The van der Waals surface area contributed by atoms with Gasteiger partial charge in [-0.1, -0.05) is 38.3 Å². The van der Waals surface area contributed by atoms with Gasteiger partial charge < -0.3 is 0 Å². The summed E-state index contributed by atoms with van der Waals surface area (Å²) in [5.74, 6) is 0. The molecule has 0 aliphatic heterocycles. The van der Waals surface area contributed by atoms with Crippen molar-refractivity contribution in [3.05, 3.63) is 45.2 Å². The third kappa shape index (κ3) is 3.85. The molecular formula is C23H31N3O3S. The number of fused-ring (bicyclic) bond motifs is 1. The van der Waals surface area contributed by atoms with Gasteiger partial charge in [0, 0.05) is 24.2 Å². The van der Waals surface area contributed by atoms with Crippen LogP contribution in [0.1, 0.15) is 68.6 Å².